The third kappa shape index (κ3) is 3.48. The van der Waals surface area contributed by atoms with E-state index in [0.29, 0.717) is 13.0 Å². The fourth-order valence-corrected chi connectivity index (χ4v) is 3.59. The molecule has 5 nitrogen and oxygen atoms in total. The van der Waals surface area contributed by atoms with Gasteiger partial charge in [0.1, 0.15) is 5.82 Å². The molecule has 0 spiro atoms. The minimum atomic E-state index is -0.126. The molecule has 1 amide bonds. The number of hydrogen-bond donors (Lipinski definition) is 2. The van der Waals surface area contributed by atoms with E-state index in [1.54, 1.807) is 0 Å². The van der Waals surface area contributed by atoms with Gasteiger partial charge in [-0.3, -0.25) is 9.69 Å². The molecule has 0 saturated heterocycles. The van der Waals surface area contributed by atoms with E-state index in [9.17, 15) is 4.79 Å². The first-order valence-corrected chi connectivity index (χ1v) is 9.23. The Balaban J connectivity index is 1.30. The molecule has 4 rings (SSSR count). The Labute approximate surface area is 153 Å². The van der Waals surface area contributed by atoms with Gasteiger partial charge in [-0.05, 0) is 36.6 Å². The van der Waals surface area contributed by atoms with Crippen LogP contribution in [0.2, 0.25) is 0 Å². The average Bonchev–Trinajstić information content (AvgIpc) is 3.09. The highest BCUT2D eigenvalue weighted by Crippen LogP contribution is 2.20. The number of imidazole rings is 1. The van der Waals surface area contributed by atoms with Crippen LogP contribution in [-0.4, -0.2) is 39.9 Å². The molecule has 2 heterocycles. The summed E-state index contributed by atoms with van der Waals surface area (Å²) in [7, 11) is 0. The largest absolute Gasteiger partial charge is 0.354 e. The fourth-order valence-electron chi connectivity index (χ4n) is 3.59. The molecule has 0 fully saturated rings. The predicted octanol–water partition coefficient (Wildman–Crippen LogP) is 2.67. The van der Waals surface area contributed by atoms with Gasteiger partial charge in [0.2, 0.25) is 5.91 Å². The standard InChI is InChI=1S/C21H24N4O/c1-15(25-13-11-16-6-2-3-7-17(16)14-25)21(26)22-12-10-20-23-18-8-4-5-9-19(18)24-20/h2-9,15H,10-14H2,1H3,(H,22,26)(H,23,24). The number of aromatic amines is 1. The molecule has 0 saturated carbocycles. The number of rotatable bonds is 5. The summed E-state index contributed by atoms with van der Waals surface area (Å²) in [6.07, 6.45) is 1.71. The molecule has 5 heteroatoms. The van der Waals surface area contributed by atoms with Crippen molar-refractivity contribution in [2.24, 2.45) is 0 Å². The summed E-state index contributed by atoms with van der Waals surface area (Å²) < 4.78 is 0. The quantitative estimate of drug-likeness (QED) is 0.745. The molecule has 1 atom stereocenters. The minimum Gasteiger partial charge on any atom is -0.354 e. The van der Waals surface area contributed by atoms with Crippen LogP contribution in [0.25, 0.3) is 11.0 Å². The Morgan fingerprint density at radius 1 is 1.19 bits per heavy atom. The zero-order valence-electron chi connectivity index (χ0n) is 15.0. The summed E-state index contributed by atoms with van der Waals surface area (Å²) in [5.74, 6) is 0.992. The Kier molecular flexibility index (Phi) is 4.71. The van der Waals surface area contributed by atoms with Crippen LogP contribution >= 0.6 is 0 Å². The highest BCUT2D eigenvalue weighted by Gasteiger charge is 2.24. The van der Waals surface area contributed by atoms with E-state index >= 15 is 0 Å². The predicted molar refractivity (Wildman–Crippen MR) is 103 cm³/mol. The fraction of sp³-hybridized carbons (Fsp3) is 0.333. The van der Waals surface area contributed by atoms with Gasteiger partial charge in [0.15, 0.2) is 0 Å². The highest BCUT2D eigenvalue weighted by atomic mass is 16.2. The molecule has 0 bridgehead atoms. The number of benzene rings is 2. The van der Waals surface area contributed by atoms with Crippen molar-refractivity contribution in [1.29, 1.82) is 0 Å². The summed E-state index contributed by atoms with van der Waals surface area (Å²) in [5.41, 5.74) is 4.74. The number of amides is 1. The number of fused-ring (bicyclic) bond motifs is 2. The van der Waals surface area contributed by atoms with Gasteiger partial charge in [-0.2, -0.15) is 0 Å². The molecule has 2 aromatic carbocycles. The van der Waals surface area contributed by atoms with E-state index in [2.05, 4.69) is 44.5 Å². The van der Waals surface area contributed by atoms with Crippen LogP contribution < -0.4 is 5.32 Å². The van der Waals surface area contributed by atoms with Gasteiger partial charge in [-0.1, -0.05) is 36.4 Å². The van der Waals surface area contributed by atoms with Crippen LogP contribution in [0.1, 0.15) is 23.9 Å². The van der Waals surface area contributed by atoms with E-state index in [-0.39, 0.29) is 11.9 Å². The van der Waals surface area contributed by atoms with Gasteiger partial charge in [-0.15, -0.1) is 0 Å². The second-order valence-corrected chi connectivity index (χ2v) is 6.91. The average molecular weight is 348 g/mol. The van der Waals surface area contributed by atoms with E-state index in [1.165, 1.54) is 11.1 Å². The van der Waals surface area contributed by atoms with Crippen LogP contribution in [0, 0.1) is 0 Å². The number of nitrogens with one attached hydrogen (secondary N) is 2. The molecule has 1 unspecified atom stereocenters. The monoisotopic (exact) mass is 348 g/mol. The van der Waals surface area contributed by atoms with Gasteiger partial charge in [0, 0.05) is 26.1 Å². The maximum atomic E-state index is 12.5. The van der Waals surface area contributed by atoms with E-state index in [4.69, 9.17) is 0 Å². The summed E-state index contributed by atoms with van der Waals surface area (Å²) in [6, 6.07) is 16.4. The maximum Gasteiger partial charge on any atom is 0.237 e. The number of aromatic nitrogens is 2. The zero-order chi connectivity index (χ0) is 17.9. The number of para-hydroxylation sites is 2. The van der Waals surface area contributed by atoms with Crippen molar-refractivity contribution in [1.82, 2.24) is 20.2 Å². The summed E-state index contributed by atoms with van der Waals surface area (Å²) in [6.45, 7) is 4.35. The first-order valence-electron chi connectivity index (χ1n) is 9.23. The molecule has 0 aliphatic carbocycles. The van der Waals surface area contributed by atoms with Crippen LogP contribution in [0.5, 0.6) is 0 Å². The topological polar surface area (TPSA) is 61.0 Å². The molecule has 2 N–H and O–H groups in total. The van der Waals surface area contributed by atoms with Crippen molar-refractivity contribution >= 4 is 16.9 Å². The molecule has 0 radical (unpaired) electrons. The number of carbonyl (C=O) groups excluding carboxylic acids is 1. The van der Waals surface area contributed by atoms with Crippen molar-refractivity contribution in [2.75, 3.05) is 13.1 Å². The van der Waals surface area contributed by atoms with Crippen molar-refractivity contribution in [3.63, 3.8) is 0 Å². The molecular weight excluding hydrogens is 324 g/mol. The maximum absolute atomic E-state index is 12.5. The molecule has 1 aliphatic rings. The first kappa shape index (κ1) is 16.8. The molecule has 1 aliphatic heterocycles. The van der Waals surface area contributed by atoms with Gasteiger partial charge < -0.3 is 10.3 Å². The Bertz CT molecular complexity index is 884. The van der Waals surface area contributed by atoms with Gasteiger partial charge in [-0.25, -0.2) is 4.98 Å². The SMILES string of the molecule is CC(C(=O)NCCc1nc2ccccc2[nH]1)N1CCc2ccccc2C1. The molecular formula is C21H24N4O. The second-order valence-electron chi connectivity index (χ2n) is 6.91. The van der Waals surface area contributed by atoms with Crippen molar-refractivity contribution in [3.05, 3.63) is 65.5 Å². The molecule has 134 valence electrons. The number of carbonyl (C=O) groups is 1. The zero-order valence-corrected chi connectivity index (χ0v) is 15.0. The van der Waals surface area contributed by atoms with Crippen LogP contribution in [0.15, 0.2) is 48.5 Å². The first-order chi connectivity index (χ1) is 12.7. The summed E-state index contributed by atoms with van der Waals surface area (Å²) in [4.78, 5) is 22.6. The lowest BCUT2D eigenvalue weighted by Crippen LogP contribution is -2.47. The van der Waals surface area contributed by atoms with Crippen LogP contribution in [0.3, 0.4) is 0 Å². The van der Waals surface area contributed by atoms with Gasteiger partial charge in [0.25, 0.3) is 0 Å². The van der Waals surface area contributed by atoms with Gasteiger partial charge in [0.05, 0.1) is 17.1 Å². The molecule has 26 heavy (non-hydrogen) atoms. The Morgan fingerprint density at radius 2 is 1.96 bits per heavy atom. The highest BCUT2D eigenvalue weighted by molar-refractivity contribution is 5.81. The van der Waals surface area contributed by atoms with E-state index in [0.717, 1.165) is 36.4 Å². The lowest BCUT2D eigenvalue weighted by atomic mass is 9.99. The number of nitrogens with zero attached hydrogens (tertiary/aromatic N) is 2. The van der Waals surface area contributed by atoms with Crippen LogP contribution in [-0.2, 0) is 24.2 Å². The third-order valence-corrected chi connectivity index (χ3v) is 5.19. The normalized spacial score (nSPS) is 15.6. The smallest absolute Gasteiger partial charge is 0.237 e. The molecule has 1 aromatic heterocycles. The number of H-pyrrole nitrogens is 1. The van der Waals surface area contributed by atoms with E-state index in [1.807, 2.05) is 31.2 Å². The number of hydrogen-bond acceptors (Lipinski definition) is 3. The Morgan fingerprint density at radius 3 is 2.81 bits per heavy atom. The lowest BCUT2D eigenvalue weighted by Gasteiger charge is -2.32. The second kappa shape index (κ2) is 7.30. The third-order valence-electron chi connectivity index (χ3n) is 5.19. The van der Waals surface area contributed by atoms with Gasteiger partial charge >= 0.3 is 0 Å². The lowest BCUT2D eigenvalue weighted by molar-refractivity contribution is -0.126. The van der Waals surface area contributed by atoms with Crippen molar-refractivity contribution in [2.45, 2.75) is 32.4 Å². The van der Waals surface area contributed by atoms with Crippen molar-refractivity contribution < 1.29 is 4.79 Å². The van der Waals surface area contributed by atoms with Crippen LogP contribution in [0.4, 0.5) is 0 Å². The summed E-state index contributed by atoms with van der Waals surface area (Å²) in [5, 5.41) is 3.06. The van der Waals surface area contributed by atoms with Crippen molar-refractivity contribution in [3.8, 4) is 0 Å². The Hall–Kier alpha value is -2.66. The minimum absolute atomic E-state index is 0.0838. The molecule has 3 aromatic rings. The summed E-state index contributed by atoms with van der Waals surface area (Å²) >= 11 is 0. The van der Waals surface area contributed by atoms with E-state index < -0.39 is 0 Å².